The number of carboxylic acids is 2. The van der Waals surface area contributed by atoms with Crippen LogP contribution in [0.2, 0.25) is 0 Å². The summed E-state index contributed by atoms with van der Waals surface area (Å²) in [5.41, 5.74) is 5.49. The molecule has 2 amide bonds. The van der Waals surface area contributed by atoms with E-state index in [9.17, 15) is 9.59 Å². The smallest absolute Gasteiger partial charge is 0.414 e. The van der Waals surface area contributed by atoms with Crippen LogP contribution in [0.25, 0.3) is 0 Å². The summed E-state index contributed by atoms with van der Waals surface area (Å²) < 4.78 is 5.23. The average Bonchev–Trinajstić information content (AvgIpc) is 2.47. The minimum Gasteiger partial charge on any atom is -0.473 e. The summed E-state index contributed by atoms with van der Waals surface area (Å²) in [5.74, 6) is -3.64. The van der Waals surface area contributed by atoms with Crippen molar-refractivity contribution in [3.8, 4) is 0 Å². The van der Waals surface area contributed by atoms with Gasteiger partial charge in [-0.3, -0.25) is 4.79 Å². The van der Waals surface area contributed by atoms with Crippen molar-refractivity contribution in [2.75, 3.05) is 14.1 Å². The largest absolute Gasteiger partial charge is 0.473 e. The fraction of sp³-hybridized carbons (Fsp3) is 0.750. The number of amides is 2. The molecule has 10 heteroatoms. The molecule has 5 N–H and O–H groups in total. The van der Waals surface area contributed by atoms with Crippen LogP contribution in [-0.4, -0.2) is 70.8 Å². The highest BCUT2D eigenvalue weighted by Crippen LogP contribution is 2.25. The highest BCUT2D eigenvalue weighted by Gasteiger charge is 2.34. The molecule has 150 valence electrons. The van der Waals surface area contributed by atoms with Crippen molar-refractivity contribution in [3.63, 3.8) is 0 Å². The first-order chi connectivity index (χ1) is 11.7. The van der Waals surface area contributed by atoms with Crippen molar-refractivity contribution in [2.24, 2.45) is 11.7 Å². The van der Waals surface area contributed by atoms with Crippen LogP contribution in [0.1, 0.15) is 40.0 Å². The maximum atomic E-state index is 12.0. The van der Waals surface area contributed by atoms with Gasteiger partial charge in [-0.1, -0.05) is 0 Å². The summed E-state index contributed by atoms with van der Waals surface area (Å²) in [5, 5.41) is 17.6. The van der Waals surface area contributed by atoms with E-state index in [0.29, 0.717) is 6.42 Å². The van der Waals surface area contributed by atoms with Crippen LogP contribution < -0.4 is 11.1 Å². The van der Waals surface area contributed by atoms with Crippen molar-refractivity contribution in [1.82, 2.24) is 10.2 Å². The Morgan fingerprint density at radius 2 is 1.58 bits per heavy atom. The monoisotopic (exact) mass is 375 g/mol. The van der Waals surface area contributed by atoms with Gasteiger partial charge in [0.15, 0.2) is 0 Å². The van der Waals surface area contributed by atoms with Crippen molar-refractivity contribution < 1.29 is 34.1 Å². The molecule has 3 atom stereocenters. The summed E-state index contributed by atoms with van der Waals surface area (Å²) in [6, 6.07) is -0.346. The summed E-state index contributed by atoms with van der Waals surface area (Å²) >= 11 is 0. The first-order valence-corrected chi connectivity index (χ1v) is 8.17. The predicted octanol–water partition coefficient (Wildman–Crippen LogP) is 0.251. The van der Waals surface area contributed by atoms with Gasteiger partial charge < -0.3 is 30.9 Å². The van der Waals surface area contributed by atoms with Crippen LogP contribution in [0.15, 0.2) is 0 Å². The molecule has 1 aliphatic rings. The molecular weight excluding hydrogens is 346 g/mol. The van der Waals surface area contributed by atoms with Crippen molar-refractivity contribution in [2.45, 2.75) is 57.7 Å². The van der Waals surface area contributed by atoms with Crippen molar-refractivity contribution >= 4 is 23.9 Å². The van der Waals surface area contributed by atoms with Gasteiger partial charge in [0.1, 0.15) is 5.60 Å². The van der Waals surface area contributed by atoms with Crippen molar-refractivity contribution in [3.05, 3.63) is 0 Å². The molecule has 0 unspecified atom stereocenters. The standard InChI is InChI=1S/C14H27N3O3.C2H2O4/c1-14(2,3)20-13(19)16-11-8-9(6-7-10(11)15)12(18)17(4)5;3-1(4)2(5)6/h9-11H,6-8,15H2,1-5H3,(H,16,19);(H,3,4)(H,5,6)/t9-,10+,11-;/m0./s1. The maximum Gasteiger partial charge on any atom is 0.414 e. The molecule has 0 aromatic rings. The number of aliphatic carboxylic acids is 2. The lowest BCUT2D eigenvalue weighted by Crippen LogP contribution is -2.53. The molecular formula is C16H29N3O7. The zero-order chi connectivity index (χ0) is 20.7. The lowest BCUT2D eigenvalue weighted by atomic mass is 9.82. The molecule has 0 aliphatic heterocycles. The molecule has 1 rings (SSSR count). The third-order valence-electron chi connectivity index (χ3n) is 3.58. The number of hydrogen-bond acceptors (Lipinski definition) is 6. The Kier molecular flexibility index (Phi) is 9.05. The van der Waals surface area contributed by atoms with Crippen LogP contribution in [0.3, 0.4) is 0 Å². The van der Waals surface area contributed by atoms with Gasteiger partial charge >= 0.3 is 18.0 Å². The molecule has 0 aromatic carbocycles. The molecule has 0 aromatic heterocycles. The van der Waals surface area contributed by atoms with Crippen LogP contribution in [0, 0.1) is 5.92 Å². The molecule has 0 saturated heterocycles. The summed E-state index contributed by atoms with van der Waals surface area (Å²) in [6.07, 6.45) is 1.59. The zero-order valence-electron chi connectivity index (χ0n) is 15.8. The first kappa shape index (κ1) is 23.6. The molecule has 1 saturated carbocycles. The lowest BCUT2D eigenvalue weighted by Gasteiger charge is -2.35. The topological polar surface area (TPSA) is 159 Å². The fourth-order valence-electron chi connectivity index (χ4n) is 2.41. The summed E-state index contributed by atoms with van der Waals surface area (Å²) in [7, 11) is 3.49. The van der Waals surface area contributed by atoms with E-state index in [0.717, 1.165) is 12.8 Å². The molecule has 0 spiro atoms. The van der Waals surface area contributed by atoms with Gasteiger partial charge in [-0.15, -0.1) is 0 Å². The Bertz CT molecular complexity index is 516. The Labute approximate surface area is 152 Å². The van der Waals surface area contributed by atoms with E-state index in [1.165, 1.54) is 0 Å². The number of nitrogens with two attached hydrogens (primary N) is 1. The Balaban J connectivity index is 0.000000896. The first-order valence-electron chi connectivity index (χ1n) is 8.17. The SMILES string of the molecule is CN(C)C(=O)[C@H]1CC[C@@H](N)[C@@H](NC(=O)OC(C)(C)C)C1.O=C(O)C(=O)O. The third-order valence-corrected chi connectivity index (χ3v) is 3.58. The van der Waals surface area contributed by atoms with Gasteiger partial charge in [0.2, 0.25) is 5.91 Å². The second-order valence-electron chi connectivity index (χ2n) is 7.27. The summed E-state index contributed by atoms with van der Waals surface area (Å²) in [4.78, 5) is 43.6. The van der Waals surface area contributed by atoms with Gasteiger partial charge in [0.05, 0.1) is 0 Å². The molecule has 1 fully saturated rings. The van der Waals surface area contributed by atoms with Gasteiger partial charge in [0.25, 0.3) is 0 Å². The number of hydrogen-bond donors (Lipinski definition) is 4. The van der Waals surface area contributed by atoms with Crippen molar-refractivity contribution in [1.29, 1.82) is 0 Å². The number of rotatable bonds is 2. The number of carbonyl (C=O) groups is 4. The molecule has 0 bridgehead atoms. The van der Waals surface area contributed by atoms with Crippen LogP contribution in [-0.2, 0) is 19.1 Å². The van der Waals surface area contributed by atoms with E-state index in [-0.39, 0.29) is 23.9 Å². The zero-order valence-corrected chi connectivity index (χ0v) is 15.8. The lowest BCUT2D eigenvalue weighted by molar-refractivity contribution is -0.159. The number of nitrogens with zero attached hydrogens (tertiary/aromatic N) is 1. The average molecular weight is 375 g/mol. The van der Waals surface area contributed by atoms with Gasteiger partial charge in [-0.2, -0.15) is 0 Å². The molecule has 26 heavy (non-hydrogen) atoms. The van der Waals surface area contributed by atoms with E-state index < -0.39 is 23.6 Å². The fourth-order valence-corrected chi connectivity index (χ4v) is 2.41. The number of ether oxygens (including phenoxy) is 1. The highest BCUT2D eigenvalue weighted by molar-refractivity contribution is 6.27. The van der Waals surface area contributed by atoms with Crippen LogP contribution in [0.4, 0.5) is 4.79 Å². The molecule has 1 aliphatic carbocycles. The predicted molar refractivity (Wildman–Crippen MR) is 92.4 cm³/mol. The highest BCUT2D eigenvalue weighted by atomic mass is 16.6. The van der Waals surface area contributed by atoms with E-state index in [1.54, 1.807) is 19.0 Å². The normalized spacial score (nSPS) is 22.3. The van der Waals surface area contributed by atoms with Gasteiger partial charge in [-0.05, 0) is 40.0 Å². The van der Waals surface area contributed by atoms with E-state index >= 15 is 0 Å². The molecule has 10 nitrogen and oxygen atoms in total. The molecule has 0 heterocycles. The minimum atomic E-state index is -1.82. The quantitative estimate of drug-likeness (QED) is 0.500. The second-order valence-corrected chi connectivity index (χ2v) is 7.27. The van der Waals surface area contributed by atoms with Gasteiger partial charge in [0, 0.05) is 32.1 Å². The van der Waals surface area contributed by atoms with Crippen LogP contribution >= 0.6 is 0 Å². The van der Waals surface area contributed by atoms with Gasteiger partial charge in [-0.25, -0.2) is 14.4 Å². The maximum absolute atomic E-state index is 12.0. The summed E-state index contributed by atoms with van der Waals surface area (Å²) in [6.45, 7) is 5.43. The number of alkyl carbamates (subject to hydrolysis) is 1. The van der Waals surface area contributed by atoms with Crippen LogP contribution in [0.5, 0.6) is 0 Å². The third kappa shape index (κ3) is 9.21. The Hall–Kier alpha value is -2.36. The van der Waals surface area contributed by atoms with E-state index in [4.69, 9.17) is 30.3 Å². The molecule has 0 radical (unpaired) electrons. The second kappa shape index (κ2) is 9.95. The van der Waals surface area contributed by atoms with E-state index in [2.05, 4.69) is 5.32 Å². The van der Waals surface area contributed by atoms with E-state index in [1.807, 2.05) is 20.8 Å². The number of carbonyl (C=O) groups excluding carboxylic acids is 2. The Morgan fingerprint density at radius 1 is 1.08 bits per heavy atom. The Morgan fingerprint density at radius 3 is 1.96 bits per heavy atom. The minimum absolute atomic E-state index is 0.0789. The number of nitrogens with one attached hydrogen (secondary N) is 1. The number of carboxylic acid groups (broad SMARTS) is 2.